The Kier molecular flexibility index (Phi) is 5.06. The number of carbonyl (C=O) groups is 2. The van der Waals surface area contributed by atoms with Crippen LogP contribution in [0.15, 0.2) is 0 Å². The summed E-state index contributed by atoms with van der Waals surface area (Å²) in [5.74, 6) is -1.18. The normalized spacial score (nSPS) is 12.6. The van der Waals surface area contributed by atoms with Gasteiger partial charge < -0.3 is 15.7 Å². The van der Waals surface area contributed by atoms with Crippen LogP contribution in [0.5, 0.6) is 0 Å². The first-order valence-corrected chi connectivity index (χ1v) is 4.15. The molecule has 13 heavy (non-hydrogen) atoms. The summed E-state index contributed by atoms with van der Waals surface area (Å²) in [6.45, 7) is 3.45. The molecule has 0 rings (SSSR count). The summed E-state index contributed by atoms with van der Waals surface area (Å²) in [7, 11) is 1.67. The Balaban J connectivity index is 3.99. The zero-order valence-electron chi connectivity index (χ0n) is 8.13. The van der Waals surface area contributed by atoms with Gasteiger partial charge in [-0.1, -0.05) is 13.8 Å². The lowest BCUT2D eigenvalue weighted by atomic mass is 10.0. The van der Waals surface area contributed by atoms with Gasteiger partial charge in [0, 0.05) is 0 Å². The van der Waals surface area contributed by atoms with Crippen LogP contribution < -0.4 is 10.6 Å². The maximum Gasteiger partial charge on any atom is 0.322 e. The summed E-state index contributed by atoms with van der Waals surface area (Å²) < 4.78 is 0. The first kappa shape index (κ1) is 11.9. The number of aliphatic carboxylic acids is 1. The van der Waals surface area contributed by atoms with Crippen molar-refractivity contribution in [2.75, 3.05) is 13.6 Å². The molecule has 5 heteroatoms. The van der Waals surface area contributed by atoms with Crippen LogP contribution >= 0.6 is 0 Å². The molecule has 0 aromatic carbocycles. The monoisotopic (exact) mass is 188 g/mol. The Bertz CT molecular complexity index is 192. The Morgan fingerprint density at radius 3 is 2.23 bits per heavy atom. The highest BCUT2D eigenvalue weighted by molar-refractivity contribution is 5.85. The summed E-state index contributed by atoms with van der Waals surface area (Å²) in [5.41, 5.74) is 0. The quantitative estimate of drug-likeness (QED) is 0.540. The molecule has 0 spiro atoms. The van der Waals surface area contributed by atoms with E-state index in [1.54, 1.807) is 7.05 Å². The van der Waals surface area contributed by atoms with Crippen LogP contribution in [0.4, 0.5) is 0 Å². The molecule has 0 fully saturated rings. The smallest absolute Gasteiger partial charge is 0.322 e. The Labute approximate surface area is 77.5 Å². The van der Waals surface area contributed by atoms with Crippen LogP contribution in [0.25, 0.3) is 0 Å². The van der Waals surface area contributed by atoms with E-state index in [0.29, 0.717) is 0 Å². The molecule has 0 bridgehead atoms. The first-order valence-electron chi connectivity index (χ1n) is 4.15. The van der Waals surface area contributed by atoms with Crippen LogP contribution in [0.3, 0.4) is 0 Å². The summed E-state index contributed by atoms with van der Waals surface area (Å²) in [5, 5.41) is 13.5. The van der Waals surface area contributed by atoms with Crippen molar-refractivity contribution in [3.63, 3.8) is 0 Å². The third-order valence-corrected chi connectivity index (χ3v) is 1.67. The SMILES string of the molecule is CNC(C(=O)NCC(=O)O)C(C)C. The van der Waals surface area contributed by atoms with Gasteiger partial charge in [-0.3, -0.25) is 9.59 Å². The number of nitrogens with one attached hydrogen (secondary N) is 2. The minimum atomic E-state index is -1.04. The number of carboxylic acid groups (broad SMARTS) is 1. The maximum absolute atomic E-state index is 11.3. The number of amides is 1. The van der Waals surface area contributed by atoms with E-state index in [-0.39, 0.29) is 24.4 Å². The number of likely N-dealkylation sites (N-methyl/N-ethyl adjacent to an activating group) is 1. The van der Waals surface area contributed by atoms with E-state index in [9.17, 15) is 9.59 Å². The van der Waals surface area contributed by atoms with Crippen LogP contribution in [-0.2, 0) is 9.59 Å². The molecule has 0 aromatic heterocycles. The number of carbonyl (C=O) groups excluding carboxylic acids is 1. The van der Waals surface area contributed by atoms with Crippen LogP contribution in [-0.4, -0.2) is 36.6 Å². The Hall–Kier alpha value is -1.10. The van der Waals surface area contributed by atoms with E-state index < -0.39 is 5.97 Å². The van der Waals surface area contributed by atoms with E-state index in [1.807, 2.05) is 13.8 Å². The molecule has 1 unspecified atom stereocenters. The van der Waals surface area contributed by atoms with Gasteiger partial charge in [-0.25, -0.2) is 0 Å². The second-order valence-electron chi connectivity index (χ2n) is 3.12. The lowest BCUT2D eigenvalue weighted by Crippen LogP contribution is -2.47. The molecule has 3 N–H and O–H groups in total. The predicted molar refractivity (Wildman–Crippen MR) is 48.3 cm³/mol. The van der Waals surface area contributed by atoms with Gasteiger partial charge in [-0.15, -0.1) is 0 Å². The minimum absolute atomic E-state index is 0.138. The van der Waals surface area contributed by atoms with E-state index in [2.05, 4.69) is 10.6 Å². The lowest BCUT2D eigenvalue weighted by Gasteiger charge is -2.18. The molecule has 0 aromatic rings. The van der Waals surface area contributed by atoms with Gasteiger partial charge in [0.15, 0.2) is 0 Å². The standard InChI is InChI=1S/C8H16N2O3/c1-5(2)7(9-3)8(13)10-4-6(11)12/h5,7,9H,4H2,1-3H3,(H,10,13)(H,11,12). The number of rotatable bonds is 5. The van der Waals surface area contributed by atoms with Gasteiger partial charge in [0.1, 0.15) is 6.54 Å². The van der Waals surface area contributed by atoms with Crippen molar-refractivity contribution < 1.29 is 14.7 Å². The van der Waals surface area contributed by atoms with E-state index in [4.69, 9.17) is 5.11 Å². The maximum atomic E-state index is 11.3. The highest BCUT2D eigenvalue weighted by Gasteiger charge is 2.19. The van der Waals surface area contributed by atoms with E-state index >= 15 is 0 Å². The summed E-state index contributed by atoms with van der Waals surface area (Å²) in [6, 6.07) is -0.334. The number of hydrogen-bond donors (Lipinski definition) is 3. The van der Waals surface area contributed by atoms with E-state index in [1.165, 1.54) is 0 Å². The molecule has 0 aliphatic heterocycles. The van der Waals surface area contributed by atoms with Crippen molar-refractivity contribution in [2.45, 2.75) is 19.9 Å². The Morgan fingerprint density at radius 2 is 1.92 bits per heavy atom. The first-order chi connectivity index (χ1) is 5.99. The van der Waals surface area contributed by atoms with Crippen molar-refractivity contribution in [3.8, 4) is 0 Å². The molecule has 1 amide bonds. The third kappa shape index (κ3) is 4.47. The van der Waals surface area contributed by atoms with Crippen molar-refractivity contribution in [1.29, 1.82) is 0 Å². The van der Waals surface area contributed by atoms with Crippen LogP contribution in [0, 0.1) is 5.92 Å². The average Bonchev–Trinajstić information content (AvgIpc) is 2.01. The fourth-order valence-corrected chi connectivity index (χ4v) is 1.04. The molecule has 76 valence electrons. The highest BCUT2D eigenvalue weighted by atomic mass is 16.4. The van der Waals surface area contributed by atoms with Crippen LogP contribution in [0.2, 0.25) is 0 Å². The molecule has 0 radical (unpaired) electrons. The largest absolute Gasteiger partial charge is 0.480 e. The van der Waals surface area contributed by atoms with Crippen molar-refractivity contribution in [3.05, 3.63) is 0 Å². The summed E-state index contributed by atoms with van der Waals surface area (Å²) >= 11 is 0. The van der Waals surface area contributed by atoms with Gasteiger partial charge in [-0.2, -0.15) is 0 Å². The molecule has 0 saturated heterocycles. The van der Waals surface area contributed by atoms with Crippen molar-refractivity contribution in [1.82, 2.24) is 10.6 Å². The second-order valence-corrected chi connectivity index (χ2v) is 3.12. The highest BCUT2D eigenvalue weighted by Crippen LogP contribution is 1.99. The van der Waals surface area contributed by atoms with Crippen LogP contribution in [0.1, 0.15) is 13.8 Å². The molecular formula is C8H16N2O3. The zero-order valence-corrected chi connectivity index (χ0v) is 8.13. The van der Waals surface area contributed by atoms with Gasteiger partial charge in [-0.05, 0) is 13.0 Å². The zero-order chi connectivity index (χ0) is 10.4. The molecule has 0 saturated carbocycles. The summed E-state index contributed by atoms with van der Waals surface area (Å²) in [6.07, 6.45) is 0. The molecule has 1 atom stereocenters. The molecule has 0 aliphatic carbocycles. The van der Waals surface area contributed by atoms with Gasteiger partial charge >= 0.3 is 5.97 Å². The van der Waals surface area contributed by atoms with Gasteiger partial charge in [0.25, 0.3) is 0 Å². The molecule has 0 heterocycles. The second kappa shape index (κ2) is 5.53. The summed E-state index contributed by atoms with van der Waals surface area (Å²) in [4.78, 5) is 21.4. The fourth-order valence-electron chi connectivity index (χ4n) is 1.04. The van der Waals surface area contributed by atoms with Crippen molar-refractivity contribution >= 4 is 11.9 Å². The van der Waals surface area contributed by atoms with Gasteiger partial charge in [0.2, 0.25) is 5.91 Å². The fraction of sp³-hybridized carbons (Fsp3) is 0.750. The predicted octanol–water partition coefficient (Wildman–Crippen LogP) is -0.569. The van der Waals surface area contributed by atoms with Gasteiger partial charge in [0.05, 0.1) is 6.04 Å². The number of carboxylic acids is 1. The Morgan fingerprint density at radius 1 is 1.38 bits per heavy atom. The van der Waals surface area contributed by atoms with E-state index in [0.717, 1.165) is 0 Å². The van der Waals surface area contributed by atoms with Crippen molar-refractivity contribution in [2.24, 2.45) is 5.92 Å². The molecular weight excluding hydrogens is 172 g/mol. The lowest BCUT2D eigenvalue weighted by molar-refractivity contribution is -0.138. The molecule has 0 aliphatic rings. The average molecular weight is 188 g/mol. The third-order valence-electron chi connectivity index (χ3n) is 1.67. The number of hydrogen-bond acceptors (Lipinski definition) is 3. The topological polar surface area (TPSA) is 78.4 Å². The molecule has 5 nitrogen and oxygen atoms in total. The minimum Gasteiger partial charge on any atom is -0.480 e.